The predicted octanol–water partition coefficient (Wildman–Crippen LogP) is 9.94. The van der Waals surface area contributed by atoms with Crippen LogP contribution in [0.2, 0.25) is 0 Å². The Bertz CT molecular complexity index is 2310. The number of rotatable bonds is 4. The van der Waals surface area contributed by atoms with Gasteiger partial charge >= 0.3 is 0 Å². The summed E-state index contributed by atoms with van der Waals surface area (Å²) in [6.45, 7) is 2.16. The Hall–Kier alpha value is -5.54. The fourth-order valence-corrected chi connectivity index (χ4v) is 6.47. The van der Waals surface area contributed by atoms with E-state index >= 15 is 0 Å². The lowest BCUT2D eigenvalue weighted by molar-refractivity contribution is 0.112. The maximum Gasteiger partial charge on any atom is 0.150 e. The van der Waals surface area contributed by atoms with E-state index in [4.69, 9.17) is 4.98 Å². The van der Waals surface area contributed by atoms with Gasteiger partial charge in [-0.1, -0.05) is 103 Å². The highest BCUT2D eigenvalue weighted by Crippen LogP contribution is 2.41. The molecule has 0 saturated heterocycles. The van der Waals surface area contributed by atoms with Gasteiger partial charge in [-0.05, 0) is 80.9 Å². The third-order valence-corrected chi connectivity index (χ3v) is 8.38. The van der Waals surface area contributed by atoms with Crippen molar-refractivity contribution < 1.29 is 4.79 Å². The molecule has 198 valence electrons. The maximum absolute atomic E-state index is 12.1. The predicted molar refractivity (Wildman–Crippen MR) is 175 cm³/mol. The Labute approximate surface area is 243 Å². The molecular formula is C39H26N2O. The molecule has 0 saturated carbocycles. The monoisotopic (exact) mass is 538 g/mol. The van der Waals surface area contributed by atoms with Gasteiger partial charge in [-0.2, -0.15) is 0 Å². The van der Waals surface area contributed by atoms with Crippen molar-refractivity contribution in [3.05, 3.63) is 145 Å². The first-order chi connectivity index (χ1) is 20.7. The van der Waals surface area contributed by atoms with Gasteiger partial charge in [-0.3, -0.25) is 9.36 Å². The van der Waals surface area contributed by atoms with Gasteiger partial charge < -0.3 is 0 Å². The van der Waals surface area contributed by atoms with Gasteiger partial charge in [-0.15, -0.1) is 0 Å². The molecule has 0 atom stereocenters. The lowest BCUT2D eigenvalue weighted by atomic mass is 9.88. The highest BCUT2D eigenvalue weighted by atomic mass is 16.1. The number of aldehydes is 1. The van der Waals surface area contributed by atoms with Crippen molar-refractivity contribution in [3.63, 3.8) is 0 Å². The number of aromatic nitrogens is 2. The summed E-state index contributed by atoms with van der Waals surface area (Å²) in [6.07, 6.45) is 0.974. The minimum atomic E-state index is 0.724. The van der Waals surface area contributed by atoms with Crippen LogP contribution in [0.5, 0.6) is 0 Å². The molecule has 0 amide bonds. The molecule has 7 aromatic carbocycles. The lowest BCUT2D eigenvalue weighted by Gasteiger charge is -2.16. The highest BCUT2D eigenvalue weighted by Gasteiger charge is 2.17. The molecule has 0 N–H and O–H groups in total. The molecule has 8 aromatic rings. The molecule has 0 unspecified atom stereocenters. The standard InChI is InChI=1S/C39H26N2O/c1-25-9-7-14-32-33(23-29-18-17-27-12-8-13-30(24-42)37(27)38(29)36(25)32)26-19-21-31(22-20-26)41-35-16-6-5-15-34(35)40-39(41)28-10-3-2-4-11-28/h2-24H,1H3. The molecule has 0 spiro atoms. The SMILES string of the molecule is Cc1cccc2c(-c3ccc(-n4c(-c5ccccc5)nc5ccccc54)cc3)cc3ccc4cccc(C=O)c4c3c12. The van der Waals surface area contributed by atoms with Crippen LogP contribution in [0, 0.1) is 6.92 Å². The first kappa shape index (κ1) is 24.3. The molecule has 0 fully saturated rings. The van der Waals surface area contributed by atoms with Crippen molar-refractivity contribution in [1.82, 2.24) is 9.55 Å². The lowest BCUT2D eigenvalue weighted by Crippen LogP contribution is -1.97. The number of hydrogen-bond donors (Lipinski definition) is 0. The second-order valence-electron chi connectivity index (χ2n) is 10.8. The van der Waals surface area contributed by atoms with Crippen LogP contribution in [-0.2, 0) is 0 Å². The highest BCUT2D eigenvalue weighted by molar-refractivity contribution is 6.26. The van der Waals surface area contributed by atoms with Gasteiger partial charge in [0.1, 0.15) is 5.82 Å². The maximum atomic E-state index is 12.1. The molecule has 0 bridgehead atoms. The third kappa shape index (κ3) is 3.68. The molecule has 8 rings (SSSR count). The van der Waals surface area contributed by atoms with E-state index in [-0.39, 0.29) is 0 Å². The number of nitrogens with zero attached hydrogens (tertiary/aromatic N) is 2. The molecule has 0 aliphatic heterocycles. The van der Waals surface area contributed by atoms with Crippen molar-refractivity contribution in [2.75, 3.05) is 0 Å². The van der Waals surface area contributed by atoms with Crippen molar-refractivity contribution in [2.24, 2.45) is 0 Å². The number of fused-ring (bicyclic) bond motifs is 6. The van der Waals surface area contributed by atoms with Crippen LogP contribution >= 0.6 is 0 Å². The Balaban J connectivity index is 1.35. The van der Waals surface area contributed by atoms with E-state index in [1.807, 2.05) is 24.3 Å². The summed E-state index contributed by atoms with van der Waals surface area (Å²) in [4.78, 5) is 17.1. The van der Waals surface area contributed by atoms with E-state index < -0.39 is 0 Å². The van der Waals surface area contributed by atoms with E-state index in [1.54, 1.807) is 0 Å². The summed E-state index contributed by atoms with van der Waals surface area (Å²) in [5.41, 5.74) is 8.43. The summed E-state index contributed by atoms with van der Waals surface area (Å²) in [5.74, 6) is 0.925. The fourth-order valence-electron chi connectivity index (χ4n) is 6.47. The van der Waals surface area contributed by atoms with Crippen LogP contribution in [0.4, 0.5) is 0 Å². The van der Waals surface area contributed by atoms with E-state index in [9.17, 15) is 4.79 Å². The normalized spacial score (nSPS) is 11.5. The minimum Gasteiger partial charge on any atom is -0.298 e. The largest absolute Gasteiger partial charge is 0.298 e. The minimum absolute atomic E-state index is 0.724. The summed E-state index contributed by atoms with van der Waals surface area (Å²) in [5, 5.41) is 6.75. The quantitative estimate of drug-likeness (QED) is 0.165. The smallest absolute Gasteiger partial charge is 0.150 e. The van der Waals surface area contributed by atoms with Gasteiger partial charge in [0, 0.05) is 22.2 Å². The van der Waals surface area contributed by atoms with Crippen LogP contribution in [0.3, 0.4) is 0 Å². The van der Waals surface area contributed by atoms with Gasteiger partial charge in [0.25, 0.3) is 0 Å². The fraction of sp³-hybridized carbons (Fsp3) is 0.0256. The van der Waals surface area contributed by atoms with Crippen molar-refractivity contribution >= 4 is 49.6 Å². The number of hydrogen-bond acceptors (Lipinski definition) is 2. The Kier molecular flexibility index (Phi) is 5.51. The van der Waals surface area contributed by atoms with Crippen LogP contribution in [-0.4, -0.2) is 15.8 Å². The van der Waals surface area contributed by atoms with Crippen molar-refractivity contribution in [2.45, 2.75) is 6.92 Å². The third-order valence-electron chi connectivity index (χ3n) is 8.38. The van der Waals surface area contributed by atoms with E-state index in [2.05, 4.69) is 121 Å². The number of imidazole rings is 1. The van der Waals surface area contributed by atoms with Gasteiger partial charge in [0.15, 0.2) is 6.29 Å². The van der Waals surface area contributed by atoms with E-state index in [0.717, 1.165) is 67.1 Å². The Morgan fingerprint density at radius 3 is 2.21 bits per heavy atom. The zero-order chi connectivity index (χ0) is 28.2. The average Bonchev–Trinajstić information content (AvgIpc) is 3.44. The number of para-hydroxylation sites is 2. The number of aryl methyl sites for hydroxylation is 1. The number of carbonyl (C=O) groups excluding carboxylic acids is 1. The van der Waals surface area contributed by atoms with Gasteiger partial charge in [0.05, 0.1) is 11.0 Å². The van der Waals surface area contributed by atoms with Crippen LogP contribution in [0.15, 0.2) is 133 Å². The number of benzene rings is 7. The molecular weight excluding hydrogens is 512 g/mol. The topological polar surface area (TPSA) is 34.9 Å². The summed E-state index contributed by atoms with van der Waals surface area (Å²) >= 11 is 0. The molecule has 0 radical (unpaired) electrons. The molecule has 0 aliphatic rings. The van der Waals surface area contributed by atoms with Crippen molar-refractivity contribution in [1.29, 1.82) is 0 Å². The molecule has 42 heavy (non-hydrogen) atoms. The summed E-state index contributed by atoms with van der Waals surface area (Å²) in [7, 11) is 0. The second kappa shape index (κ2) is 9.53. The zero-order valence-electron chi connectivity index (χ0n) is 23.1. The molecule has 3 heteroatoms. The first-order valence-electron chi connectivity index (χ1n) is 14.2. The Morgan fingerprint density at radius 1 is 0.619 bits per heavy atom. The van der Waals surface area contributed by atoms with Crippen molar-refractivity contribution in [3.8, 4) is 28.2 Å². The Morgan fingerprint density at radius 2 is 1.38 bits per heavy atom. The molecule has 1 heterocycles. The molecule has 1 aromatic heterocycles. The summed E-state index contributed by atoms with van der Waals surface area (Å²) in [6, 6.07) is 46.4. The average molecular weight is 539 g/mol. The van der Waals surface area contributed by atoms with Crippen LogP contribution < -0.4 is 0 Å². The van der Waals surface area contributed by atoms with E-state index in [1.165, 1.54) is 21.9 Å². The second-order valence-corrected chi connectivity index (χ2v) is 10.8. The molecule has 0 aliphatic carbocycles. The van der Waals surface area contributed by atoms with E-state index in [0.29, 0.717) is 0 Å². The zero-order valence-corrected chi connectivity index (χ0v) is 23.1. The molecule has 3 nitrogen and oxygen atoms in total. The van der Waals surface area contributed by atoms with Gasteiger partial charge in [-0.25, -0.2) is 4.98 Å². The van der Waals surface area contributed by atoms with Gasteiger partial charge in [0.2, 0.25) is 0 Å². The first-order valence-corrected chi connectivity index (χ1v) is 14.2. The summed E-state index contributed by atoms with van der Waals surface area (Å²) < 4.78 is 2.24. The van der Waals surface area contributed by atoms with Crippen LogP contribution in [0.25, 0.3) is 71.6 Å². The number of carbonyl (C=O) groups is 1. The van der Waals surface area contributed by atoms with Crippen LogP contribution in [0.1, 0.15) is 15.9 Å².